The molecule has 1 aromatic carbocycles. The van der Waals surface area contributed by atoms with E-state index in [9.17, 15) is 9.59 Å². The normalized spacial score (nSPS) is 17.4. The van der Waals surface area contributed by atoms with E-state index >= 15 is 0 Å². The van der Waals surface area contributed by atoms with Crippen molar-refractivity contribution >= 4 is 41.7 Å². The molecule has 2 aliphatic rings. The van der Waals surface area contributed by atoms with Crippen molar-refractivity contribution in [3.63, 3.8) is 0 Å². The van der Waals surface area contributed by atoms with Gasteiger partial charge in [0.25, 0.3) is 10.1 Å². The fraction of sp³-hybridized carbons (Fsp3) is 0.611. The first-order valence-corrected chi connectivity index (χ1v) is 20.6. The standard InChI is InChI=1S/C36H49N9O9S2/c1-3-11-48-13-9-37-34(47)52-22-28-26-4-6-29-30(7-5-27(26)28)45(44-39-29)10-14-50-16-18-51-17-15-49-12-8-31(46)38-25-20-23(32-40-42-35(55)53-32)19-24(21-25)33-41-43-36(54-33)56-2/h19-21,26-28H,3-18,22H2,1-2H3,(H,37,47)(H,38,46)(H,42,55). The molecule has 6 rings (SSSR count). The lowest BCUT2D eigenvalue weighted by Gasteiger charge is -2.11. The molecule has 1 saturated carbocycles. The van der Waals surface area contributed by atoms with Gasteiger partial charge < -0.3 is 43.2 Å². The van der Waals surface area contributed by atoms with Gasteiger partial charge in [-0.05, 0) is 86.5 Å². The van der Waals surface area contributed by atoms with Crippen LogP contribution in [-0.4, -0.2) is 120 Å². The Labute approximate surface area is 333 Å². The fourth-order valence-corrected chi connectivity index (χ4v) is 7.14. The maximum atomic E-state index is 12.7. The van der Waals surface area contributed by atoms with Gasteiger partial charge in [0, 0.05) is 30.0 Å². The number of carbonyl (C=O) groups is 2. The fourth-order valence-electron chi connectivity index (χ4n) is 6.74. The van der Waals surface area contributed by atoms with Crippen molar-refractivity contribution in [3.05, 3.63) is 34.4 Å². The molecule has 0 saturated heterocycles. The van der Waals surface area contributed by atoms with Crippen molar-refractivity contribution in [2.75, 3.05) is 77.6 Å². The number of nitrogens with zero attached hydrogens (tertiary/aromatic N) is 6. The number of hydrogen-bond acceptors (Lipinski definition) is 16. The van der Waals surface area contributed by atoms with Crippen LogP contribution in [0.25, 0.3) is 22.9 Å². The Morgan fingerprint density at radius 3 is 2.38 bits per heavy atom. The summed E-state index contributed by atoms with van der Waals surface area (Å²) in [4.78, 5) is 24.9. The number of H-pyrrole nitrogens is 1. The van der Waals surface area contributed by atoms with Crippen molar-refractivity contribution in [3.8, 4) is 22.9 Å². The van der Waals surface area contributed by atoms with Crippen molar-refractivity contribution in [1.29, 1.82) is 0 Å². The number of benzene rings is 1. The van der Waals surface area contributed by atoms with Gasteiger partial charge in [0.1, 0.15) is 0 Å². The molecule has 56 heavy (non-hydrogen) atoms. The van der Waals surface area contributed by atoms with Crippen LogP contribution in [0.3, 0.4) is 0 Å². The molecule has 3 unspecified atom stereocenters. The van der Waals surface area contributed by atoms with Gasteiger partial charge in [0.2, 0.25) is 17.7 Å². The smallest absolute Gasteiger partial charge is 0.407 e. The number of rotatable bonds is 23. The summed E-state index contributed by atoms with van der Waals surface area (Å²) in [5.74, 6) is 1.84. The Balaban J connectivity index is 0.813. The van der Waals surface area contributed by atoms with Gasteiger partial charge in [-0.1, -0.05) is 23.9 Å². The molecule has 0 radical (unpaired) electrons. The van der Waals surface area contributed by atoms with Crippen LogP contribution in [0.5, 0.6) is 0 Å². The highest BCUT2D eigenvalue weighted by molar-refractivity contribution is 7.98. The van der Waals surface area contributed by atoms with Gasteiger partial charge in [-0.25, -0.2) is 14.6 Å². The second-order valence-corrected chi connectivity index (χ2v) is 14.5. The number of carbonyl (C=O) groups excluding carboxylic acids is 2. The molecule has 304 valence electrons. The minimum Gasteiger partial charge on any atom is -0.449 e. The first-order chi connectivity index (χ1) is 27.4. The van der Waals surface area contributed by atoms with Gasteiger partial charge >= 0.3 is 6.09 Å². The Hall–Kier alpha value is -4.21. The Morgan fingerprint density at radius 2 is 1.64 bits per heavy atom. The number of anilines is 1. The van der Waals surface area contributed by atoms with Crippen molar-refractivity contribution < 1.29 is 42.1 Å². The summed E-state index contributed by atoms with van der Waals surface area (Å²) in [6, 6.07) is 5.20. The largest absolute Gasteiger partial charge is 0.449 e. The van der Waals surface area contributed by atoms with Crippen molar-refractivity contribution in [2.45, 2.75) is 57.2 Å². The maximum absolute atomic E-state index is 12.7. The minimum absolute atomic E-state index is 0.128. The maximum Gasteiger partial charge on any atom is 0.407 e. The average Bonchev–Trinajstić information content (AvgIpc) is 3.61. The second-order valence-electron chi connectivity index (χ2n) is 13.3. The lowest BCUT2D eigenvalue weighted by Crippen LogP contribution is -2.28. The van der Waals surface area contributed by atoms with Crippen LogP contribution in [0.15, 0.2) is 32.3 Å². The molecule has 20 heteroatoms. The van der Waals surface area contributed by atoms with Crippen LogP contribution >= 0.6 is 24.0 Å². The van der Waals surface area contributed by atoms with Crippen LogP contribution < -0.4 is 10.6 Å². The Bertz CT molecular complexity index is 1920. The zero-order chi connectivity index (χ0) is 39.1. The van der Waals surface area contributed by atoms with E-state index in [0.29, 0.717) is 106 Å². The highest BCUT2D eigenvalue weighted by atomic mass is 32.2. The monoisotopic (exact) mass is 815 g/mol. The van der Waals surface area contributed by atoms with Gasteiger partial charge in [0.05, 0.1) is 77.2 Å². The number of nitrogens with one attached hydrogen (secondary N) is 3. The van der Waals surface area contributed by atoms with E-state index in [0.717, 1.165) is 37.8 Å². The predicted molar refractivity (Wildman–Crippen MR) is 205 cm³/mol. The van der Waals surface area contributed by atoms with Crippen LogP contribution in [0.4, 0.5) is 10.5 Å². The molecule has 3 heterocycles. The quantitative estimate of drug-likeness (QED) is 0.0524. The molecule has 3 aromatic heterocycles. The van der Waals surface area contributed by atoms with Crippen molar-refractivity contribution in [1.82, 2.24) is 40.7 Å². The van der Waals surface area contributed by atoms with Gasteiger partial charge in [-0.3, -0.25) is 4.79 Å². The summed E-state index contributed by atoms with van der Waals surface area (Å²) in [6.07, 6.45) is 6.40. The number of fused-ring (bicyclic) bond motifs is 2. The number of hydrogen-bond donors (Lipinski definition) is 3. The van der Waals surface area contributed by atoms with E-state index in [1.807, 2.05) is 10.9 Å². The highest BCUT2D eigenvalue weighted by Crippen LogP contribution is 2.53. The van der Waals surface area contributed by atoms with E-state index < -0.39 is 0 Å². The molecular weight excluding hydrogens is 767 g/mol. The Kier molecular flexibility index (Phi) is 15.8. The molecule has 1 fully saturated rings. The third-order valence-corrected chi connectivity index (χ3v) is 10.2. The first-order valence-electron chi connectivity index (χ1n) is 18.9. The van der Waals surface area contributed by atoms with E-state index in [1.54, 1.807) is 18.2 Å². The summed E-state index contributed by atoms with van der Waals surface area (Å²) < 4.78 is 41.0. The topological polar surface area (TPSA) is 216 Å². The Morgan fingerprint density at radius 1 is 0.911 bits per heavy atom. The molecular formula is C36H49N9O9S2. The summed E-state index contributed by atoms with van der Waals surface area (Å²) in [6.45, 7) is 7.05. The molecule has 0 bridgehead atoms. The molecule has 0 aliphatic heterocycles. The minimum atomic E-state index is -0.375. The van der Waals surface area contributed by atoms with E-state index in [-0.39, 0.29) is 41.6 Å². The van der Waals surface area contributed by atoms with Crippen LogP contribution in [0.2, 0.25) is 0 Å². The summed E-state index contributed by atoms with van der Waals surface area (Å²) in [5, 5.41) is 29.7. The third kappa shape index (κ3) is 12.1. The molecule has 4 aromatic rings. The average molecular weight is 816 g/mol. The van der Waals surface area contributed by atoms with E-state index in [1.165, 1.54) is 17.5 Å². The number of aromatic nitrogens is 7. The van der Waals surface area contributed by atoms with Crippen LogP contribution in [0.1, 0.15) is 44.0 Å². The predicted octanol–water partition coefficient (Wildman–Crippen LogP) is 4.73. The number of aromatic amines is 1. The van der Waals surface area contributed by atoms with Crippen LogP contribution in [-0.2, 0) is 47.9 Å². The second kappa shape index (κ2) is 21.4. The molecule has 3 atom stereocenters. The van der Waals surface area contributed by atoms with Crippen LogP contribution in [0, 0.1) is 22.6 Å². The summed E-state index contributed by atoms with van der Waals surface area (Å²) in [7, 11) is 0. The zero-order valence-corrected chi connectivity index (χ0v) is 33.3. The van der Waals surface area contributed by atoms with E-state index in [2.05, 4.69) is 48.3 Å². The lowest BCUT2D eigenvalue weighted by molar-refractivity contribution is -0.117. The molecule has 3 N–H and O–H groups in total. The summed E-state index contributed by atoms with van der Waals surface area (Å²) in [5.41, 5.74) is 3.87. The molecule has 18 nitrogen and oxygen atoms in total. The number of ether oxygens (including phenoxy) is 5. The molecule has 0 spiro atoms. The number of amides is 2. The first kappa shape index (κ1) is 41.4. The summed E-state index contributed by atoms with van der Waals surface area (Å²) >= 11 is 6.34. The zero-order valence-electron chi connectivity index (χ0n) is 31.7. The highest BCUT2D eigenvalue weighted by Gasteiger charge is 2.50. The van der Waals surface area contributed by atoms with Gasteiger partial charge in [-0.15, -0.1) is 20.4 Å². The molecule has 2 aliphatic carbocycles. The lowest BCUT2D eigenvalue weighted by atomic mass is 10.0. The van der Waals surface area contributed by atoms with Crippen molar-refractivity contribution in [2.24, 2.45) is 17.8 Å². The van der Waals surface area contributed by atoms with E-state index in [4.69, 9.17) is 44.7 Å². The third-order valence-electron chi connectivity index (χ3n) is 9.52. The number of thioether (sulfide) groups is 1. The molecule has 2 amide bonds. The van der Waals surface area contributed by atoms with Gasteiger partial charge in [0.15, 0.2) is 0 Å². The van der Waals surface area contributed by atoms with Gasteiger partial charge in [-0.2, -0.15) is 0 Å². The SMILES string of the molecule is CCCOCCNC(=O)OCC1C2CCc3nnn(CCOCCOCCOCCC(=O)Nc4cc(-c5nnc(SC)o5)cc(-c5n[nH]c(=S)o5)c4)c3CCC21. The number of alkyl carbamates (subject to hydrolysis) is 1. The number of aryl methyl sites for hydroxylation is 1.